The van der Waals surface area contributed by atoms with Gasteiger partial charge in [0.15, 0.2) is 5.83 Å². The van der Waals surface area contributed by atoms with E-state index in [1.54, 1.807) is 6.07 Å². The molecule has 0 aromatic heterocycles. The Morgan fingerprint density at radius 3 is 2.66 bits per heavy atom. The van der Waals surface area contributed by atoms with Gasteiger partial charge in [0.1, 0.15) is 18.1 Å². The zero-order chi connectivity index (χ0) is 21.4. The topological polar surface area (TPSA) is 112 Å². The van der Waals surface area contributed by atoms with Crippen molar-refractivity contribution in [2.75, 3.05) is 31.7 Å². The number of nitrogens with one attached hydrogen (secondary N) is 2. The van der Waals surface area contributed by atoms with Gasteiger partial charge in [-0.3, -0.25) is 9.63 Å². The normalized spacial score (nSPS) is 20.1. The molecule has 4 N–H and O–H groups in total. The number of benzene rings is 1. The Morgan fingerprint density at radius 1 is 1.28 bits per heavy atom. The minimum atomic E-state index is -1.46. The molecule has 8 nitrogen and oxygen atoms in total. The van der Waals surface area contributed by atoms with Crippen molar-refractivity contribution in [3.05, 3.63) is 51.1 Å². The molecule has 0 saturated heterocycles. The van der Waals surface area contributed by atoms with E-state index in [1.807, 2.05) is 22.6 Å². The number of allylic oxidation sites excluding steroid dienone is 2. The monoisotopic (exact) mass is 523 g/mol. The molecule has 158 valence electrons. The number of nitrogens with zero attached hydrogens (tertiary/aromatic N) is 1. The average Bonchev–Trinajstić information content (AvgIpc) is 2.66. The summed E-state index contributed by atoms with van der Waals surface area (Å²) in [6.07, 6.45) is 2.19. The first-order valence-corrected chi connectivity index (χ1v) is 9.56. The van der Waals surface area contributed by atoms with Crippen molar-refractivity contribution in [2.24, 2.45) is 5.16 Å². The van der Waals surface area contributed by atoms with Crippen LogP contribution >= 0.6 is 22.6 Å². The quantitative estimate of drug-likeness (QED) is 0.223. The molecule has 0 saturated carbocycles. The van der Waals surface area contributed by atoms with E-state index in [0.29, 0.717) is 3.57 Å². The zero-order valence-electron chi connectivity index (χ0n) is 15.4. The highest BCUT2D eigenvalue weighted by Gasteiger charge is 2.37. The Kier molecular flexibility index (Phi) is 8.49. The van der Waals surface area contributed by atoms with Crippen LogP contribution in [0.4, 0.5) is 14.5 Å². The molecule has 0 heterocycles. The third-order valence-corrected chi connectivity index (χ3v) is 4.45. The molecule has 2 rings (SSSR count). The lowest BCUT2D eigenvalue weighted by Gasteiger charge is -2.33. The van der Waals surface area contributed by atoms with Gasteiger partial charge >= 0.3 is 0 Å². The Balaban J connectivity index is 2.39. The van der Waals surface area contributed by atoms with Crippen molar-refractivity contribution in [3.63, 3.8) is 0 Å². The Bertz CT molecular complexity index is 847. The fourth-order valence-electron chi connectivity index (χ4n) is 2.48. The van der Waals surface area contributed by atoms with Crippen LogP contribution < -0.4 is 10.8 Å². The number of amides is 1. The van der Waals surface area contributed by atoms with Gasteiger partial charge in [-0.1, -0.05) is 5.16 Å². The van der Waals surface area contributed by atoms with Gasteiger partial charge in [-0.05, 0) is 59.9 Å². The van der Waals surface area contributed by atoms with Crippen molar-refractivity contribution in [1.82, 2.24) is 5.48 Å². The average molecular weight is 523 g/mol. The second kappa shape index (κ2) is 10.6. The van der Waals surface area contributed by atoms with Gasteiger partial charge in [0.25, 0.3) is 5.91 Å². The van der Waals surface area contributed by atoms with E-state index < -0.39 is 23.1 Å². The van der Waals surface area contributed by atoms with Gasteiger partial charge in [0, 0.05) is 3.57 Å². The number of hydrogen-bond acceptors (Lipinski definition) is 7. The number of anilines is 1. The Hall–Kier alpha value is -2.09. The third-order valence-electron chi connectivity index (χ3n) is 3.77. The second-order valence-corrected chi connectivity index (χ2v) is 7.28. The lowest BCUT2D eigenvalue weighted by molar-refractivity contribution is -0.130. The van der Waals surface area contributed by atoms with E-state index in [0.717, 1.165) is 12.2 Å². The van der Waals surface area contributed by atoms with Crippen LogP contribution in [0.2, 0.25) is 0 Å². The van der Waals surface area contributed by atoms with Gasteiger partial charge < -0.3 is 20.4 Å². The van der Waals surface area contributed by atoms with Crippen LogP contribution in [0.1, 0.15) is 6.92 Å². The summed E-state index contributed by atoms with van der Waals surface area (Å²) in [6, 6.07) is 4.42. The molecule has 29 heavy (non-hydrogen) atoms. The van der Waals surface area contributed by atoms with Gasteiger partial charge in [-0.15, -0.1) is 0 Å². The minimum absolute atomic E-state index is 0.0406. The summed E-state index contributed by atoms with van der Waals surface area (Å²) in [7, 11) is 0. The first-order chi connectivity index (χ1) is 13.8. The van der Waals surface area contributed by atoms with Crippen LogP contribution in [0.3, 0.4) is 0 Å². The molecule has 0 aliphatic heterocycles. The number of hydrogen-bond donors (Lipinski definition) is 4. The standard InChI is InChI=1S/C18H20F2IN3O5/c1-18(22-15-3-2-11(21)8-13(15)19)10-14(20)16(23-28-6-4-25)9-12(18)17(27)24-29-7-5-26/h2-3,8-10,22,25-26H,4-7H2,1H3,(H,24,27)/b23-16+. The lowest BCUT2D eigenvalue weighted by Crippen LogP contribution is -2.45. The summed E-state index contributed by atoms with van der Waals surface area (Å²) in [6.45, 7) is 0.528. The van der Waals surface area contributed by atoms with Crippen molar-refractivity contribution < 1.29 is 33.5 Å². The van der Waals surface area contributed by atoms with Crippen LogP contribution in [0.5, 0.6) is 0 Å². The molecule has 11 heteroatoms. The highest BCUT2D eigenvalue weighted by atomic mass is 127. The molecule has 1 aliphatic rings. The fraction of sp³-hybridized carbons (Fsp3) is 0.333. The van der Waals surface area contributed by atoms with Gasteiger partial charge in [0.05, 0.1) is 36.6 Å². The first-order valence-electron chi connectivity index (χ1n) is 8.48. The largest absolute Gasteiger partial charge is 0.394 e. The van der Waals surface area contributed by atoms with Gasteiger partial charge in [-0.2, -0.15) is 0 Å². The molecule has 0 bridgehead atoms. The van der Waals surface area contributed by atoms with E-state index in [2.05, 4.69) is 16.0 Å². The predicted octanol–water partition coefficient (Wildman–Crippen LogP) is 1.80. The van der Waals surface area contributed by atoms with Crippen molar-refractivity contribution >= 4 is 39.9 Å². The Morgan fingerprint density at radius 2 is 2.00 bits per heavy atom. The van der Waals surface area contributed by atoms with Crippen LogP contribution in [-0.2, 0) is 14.5 Å². The number of carbonyl (C=O) groups excluding carboxylic acids is 1. The maximum absolute atomic E-state index is 14.6. The molecule has 1 atom stereocenters. The van der Waals surface area contributed by atoms with Gasteiger partial charge in [0.2, 0.25) is 0 Å². The smallest absolute Gasteiger partial charge is 0.273 e. The molecule has 1 aliphatic carbocycles. The molecule has 1 amide bonds. The van der Waals surface area contributed by atoms with Crippen LogP contribution in [0.15, 0.2) is 46.9 Å². The molecule has 1 unspecified atom stereocenters. The zero-order valence-corrected chi connectivity index (χ0v) is 17.6. The van der Waals surface area contributed by atoms with Crippen LogP contribution in [-0.4, -0.2) is 53.8 Å². The van der Waals surface area contributed by atoms with E-state index in [4.69, 9.17) is 19.9 Å². The number of aliphatic hydroxyl groups is 2. The number of rotatable bonds is 9. The van der Waals surface area contributed by atoms with Crippen LogP contribution in [0.25, 0.3) is 0 Å². The summed E-state index contributed by atoms with van der Waals surface area (Å²) in [4.78, 5) is 22.2. The molecular formula is C18H20F2IN3O5. The van der Waals surface area contributed by atoms with E-state index >= 15 is 0 Å². The molecule has 1 aromatic carbocycles. The van der Waals surface area contributed by atoms with E-state index in [1.165, 1.54) is 19.1 Å². The van der Waals surface area contributed by atoms with Crippen LogP contribution in [0, 0.1) is 9.39 Å². The Labute approximate surface area is 179 Å². The summed E-state index contributed by atoms with van der Waals surface area (Å²) in [5.74, 6) is -2.14. The fourth-order valence-corrected chi connectivity index (χ4v) is 2.93. The number of carbonyl (C=O) groups is 1. The lowest BCUT2D eigenvalue weighted by atomic mass is 9.84. The number of halogens is 3. The summed E-state index contributed by atoms with van der Waals surface area (Å²) in [5, 5.41) is 23.9. The summed E-state index contributed by atoms with van der Waals surface area (Å²) in [5.41, 5.74) is 0.407. The molecule has 0 fully saturated rings. The maximum atomic E-state index is 14.6. The van der Waals surface area contributed by atoms with Crippen molar-refractivity contribution in [2.45, 2.75) is 12.5 Å². The third kappa shape index (κ3) is 6.19. The summed E-state index contributed by atoms with van der Waals surface area (Å²) < 4.78 is 29.6. The first kappa shape index (κ1) is 23.2. The van der Waals surface area contributed by atoms with E-state index in [-0.39, 0.29) is 43.4 Å². The molecular weight excluding hydrogens is 503 g/mol. The highest BCUT2D eigenvalue weighted by molar-refractivity contribution is 14.1. The van der Waals surface area contributed by atoms with Crippen molar-refractivity contribution in [1.29, 1.82) is 0 Å². The number of oxime groups is 1. The molecule has 0 spiro atoms. The SMILES string of the molecule is CC1(Nc2ccc(I)cc2F)C=C(F)/C(=N/OCCO)C=C1C(=O)NOCCO. The number of aliphatic hydroxyl groups excluding tert-OH is 2. The van der Waals surface area contributed by atoms with Gasteiger partial charge in [-0.25, -0.2) is 14.3 Å². The molecule has 1 aromatic rings. The number of hydroxylamine groups is 1. The summed E-state index contributed by atoms with van der Waals surface area (Å²) >= 11 is 1.95. The molecule has 0 radical (unpaired) electrons. The highest BCUT2D eigenvalue weighted by Crippen LogP contribution is 2.32. The predicted molar refractivity (Wildman–Crippen MR) is 110 cm³/mol. The van der Waals surface area contributed by atoms with E-state index in [9.17, 15) is 13.6 Å². The van der Waals surface area contributed by atoms with Crippen molar-refractivity contribution in [3.8, 4) is 0 Å². The minimum Gasteiger partial charge on any atom is -0.394 e. The second-order valence-electron chi connectivity index (χ2n) is 6.04. The maximum Gasteiger partial charge on any atom is 0.273 e.